The van der Waals surface area contributed by atoms with Gasteiger partial charge < -0.3 is 14.6 Å². The van der Waals surface area contributed by atoms with Gasteiger partial charge in [-0.25, -0.2) is 9.78 Å². The second-order valence-electron chi connectivity index (χ2n) is 7.61. The van der Waals surface area contributed by atoms with Crippen molar-refractivity contribution in [2.75, 3.05) is 11.9 Å². The Morgan fingerprint density at radius 1 is 1.16 bits per heavy atom. The maximum atomic E-state index is 13.0. The molecule has 3 aromatic rings. The number of likely N-dealkylation sites (tertiary alicyclic amines) is 1. The Balaban J connectivity index is 1.51. The first-order chi connectivity index (χ1) is 14.8. The van der Waals surface area contributed by atoms with Crippen molar-refractivity contribution < 1.29 is 22.4 Å². The number of hydrogen-bond donors (Lipinski definition) is 1. The van der Waals surface area contributed by atoms with Crippen LogP contribution < -0.4 is 5.32 Å². The zero-order valence-electron chi connectivity index (χ0n) is 16.9. The van der Waals surface area contributed by atoms with Crippen LogP contribution in [0.1, 0.15) is 42.2 Å². The molecule has 1 aromatic heterocycles. The molecular weight excluding hydrogens is 407 g/mol. The third kappa shape index (κ3) is 4.73. The molecule has 31 heavy (non-hydrogen) atoms. The summed E-state index contributed by atoms with van der Waals surface area (Å²) in [5.74, 6) is 1.16. The number of alkyl halides is 3. The van der Waals surface area contributed by atoms with E-state index in [1.54, 1.807) is 36.2 Å². The summed E-state index contributed by atoms with van der Waals surface area (Å²) >= 11 is 0. The number of amides is 2. The van der Waals surface area contributed by atoms with Gasteiger partial charge in [0.1, 0.15) is 5.76 Å². The molecule has 0 unspecified atom stereocenters. The van der Waals surface area contributed by atoms with Crippen LogP contribution in [-0.2, 0) is 6.18 Å². The molecule has 1 saturated heterocycles. The molecule has 4 rings (SSSR count). The third-order valence-corrected chi connectivity index (χ3v) is 5.37. The second-order valence-corrected chi connectivity index (χ2v) is 7.61. The monoisotopic (exact) mass is 429 g/mol. The predicted molar refractivity (Wildman–Crippen MR) is 110 cm³/mol. The van der Waals surface area contributed by atoms with Crippen LogP contribution in [-0.4, -0.2) is 22.5 Å². The van der Waals surface area contributed by atoms with Gasteiger partial charge >= 0.3 is 12.2 Å². The average Bonchev–Trinajstić information content (AvgIpc) is 3.20. The number of nitrogens with one attached hydrogen (secondary N) is 1. The zero-order chi connectivity index (χ0) is 22.0. The van der Waals surface area contributed by atoms with E-state index in [2.05, 4.69) is 10.3 Å². The highest BCUT2D eigenvalue weighted by Crippen LogP contribution is 2.34. The van der Waals surface area contributed by atoms with Gasteiger partial charge in [-0.1, -0.05) is 18.2 Å². The predicted octanol–water partition coefficient (Wildman–Crippen LogP) is 6.43. The van der Waals surface area contributed by atoms with Crippen molar-refractivity contribution in [1.82, 2.24) is 9.88 Å². The van der Waals surface area contributed by atoms with E-state index < -0.39 is 11.7 Å². The molecule has 162 valence electrons. The van der Waals surface area contributed by atoms with Crippen LogP contribution in [0.25, 0.3) is 11.5 Å². The van der Waals surface area contributed by atoms with Crippen LogP contribution in [0.5, 0.6) is 0 Å². The fraction of sp³-hybridized carbons (Fsp3) is 0.304. The lowest BCUT2D eigenvalue weighted by atomic mass is 9.95. The molecule has 8 heteroatoms. The smallest absolute Gasteiger partial charge is 0.416 e. The summed E-state index contributed by atoms with van der Waals surface area (Å²) in [4.78, 5) is 18.9. The topological polar surface area (TPSA) is 58.4 Å². The highest BCUT2D eigenvalue weighted by Gasteiger charge is 2.32. The normalized spacial score (nSPS) is 16.9. The lowest BCUT2D eigenvalue weighted by Gasteiger charge is -2.36. The minimum absolute atomic E-state index is 0.270. The van der Waals surface area contributed by atoms with E-state index in [4.69, 9.17) is 4.42 Å². The number of nitrogens with zero attached hydrogens (tertiary/aromatic N) is 2. The zero-order valence-corrected chi connectivity index (χ0v) is 16.9. The minimum atomic E-state index is -4.38. The Labute approximate surface area is 177 Å². The van der Waals surface area contributed by atoms with Gasteiger partial charge in [0.25, 0.3) is 0 Å². The maximum absolute atomic E-state index is 13.0. The van der Waals surface area contributed by atoms with Crippen molar-refractivity contribution >= 4 is 11.7 Å². The summed E-state index contributed by atoms with van der Waals surface area (Å²) in [6.45, 7) is 2.34. The van der Waals surface area contributed by atoms with Crippen LogP contribution in [0, 0.1) is 6.92 Å². The van der Waals surface area contributed by atoms with Gasteiger partial charge in [-0.15, -0.1) is 0 Å². The lowest BCUT2D eigenvalue weighted by Crippen LogP contribution is -2.41. The van der Waals surface area contributed by atoms with E-state index >= 15 is 0 Å². The van der Waals surface area contributed by atoms with Crippen LogP contribution in [0.2, 0.25) is 0 Å². The molecule has 1 fully saturated rings. The maximum Gasteiger partial charge on any atom is 0.416 e. The molecule has 2 aromatic carbocycles. The van der Waals surface area contributed by atoms with Crippen LogP contribution >= 0.6 is 0 Å². The average molecular weight is 429 g/mol. The Kier molecular flexibility index (Phi) is 5.71. The lowest BCUT2D eigenvalue weighted by molar-refractivity contribution is -0.137. The van der Waals surface area contributed by atoms with Crippen LogP contribution in [0.15, 0.2) is 59.1 Å². The summed E-state index contributed by atoms with van der Waals surface area (Å²) < 4.78 is 44.2. The minimum Gasteiger partial charge on any atom is -0.441 e. The first kappa shape index (κ1) is 21.0. The van der Waals surface area contributed by atoms with Gasteiger partial charge in [0.2, 0.25) is 5.89 Å². The molecule has 0 radical (unpaired) electrons. The van der Waals surface area contributed by atoms with Crippen LogP contribution in [0.4, 0.5) is 23.7 Å². The van der Waals surface area contributed by atoms with E-state index in [9.17, 15) is 18.0 Å². The summed E-state index contributed by atoms with van der Waals surface area (Å²) in [6, 6.07) is 11.7. The van der Waals surface area contributed by atoms with Gasteiger partial charge in [-0.3, -0.25) is 0 Å². The summed E-state index contributed by atoms with van der Waals surface area (Å²) in [6.07, 6.45) is -0.291. The van der Waals surface area contributed by atoms with E-state index in [0.717, 1.165) is 30.5 Å². The molecule has 1 aliphatic heterocycles. The molecule has 0 saturated carbocycles. The molecule has 2 heterocycles. The Morgan fingerprint density at radius 3 is 2.61 bits per heavy atom. The van der Waals surface area contributed by atoms with E-state index in [1.807, 2.05) is 6.07 Å². The number of aryl methyl sites for hydroxylation is 1. The molecule has 1 atom stereocenters. The van der Waals surface area contributed by atoms with E-state index in [1.165, 1.54) is 12.1 Å². The molecule has 2 amide bonds. The first-order valence-electron chi connectivity index (χ1n) is 10.1. The molecule has 1 aliphatic rings. The Bertz CT molecular complexity index is 1060. The summed E-state index contributed by atoms with van der Waals surface area (Å²) in [7, 11) is 0. The number of rotatable bonds is 3. The van der Waals surface area contributed by atoms with Gasteiger partial charge in [0.05, 0.1) is 17.8 Å². The Morgan fingerprint density at radius 2 is 1.94 bits per heavy atom. The van der Waals surface area contributed by atoms with Gasteiger partial charge in [-0.2, -0.15) is 13.2 Å². The number of carbonyl (C=O) groups excluding carboxylic acids is 1. The number of aromatic nitrogens is 1. The molecule has 0 bridgehead atoms. The quantitative estimate of drug-likeness (QED) is 0.522. The second kappa shape index (κ2) is 8.45. The van der Waals surface area contributed by atoms with Crippen molar-refractivity contribution in [1.29, 1.82) is 0 Å². The molecule has 5 nitrogen and oxygen atoms in total. The fourth-order valence-corrected chi connectivity index (χ4v) is 3.83. The number of piperidine rings is 1. The number of carbonyl (C=O) groups is 1. The number of oxazole rings is 1. The van der Waals surface area contributed by atoms with Gasteiger partial charge in [-0.05, 0) is 62.1 Å². The number of urea groups is 1. The van der Waals surface area contributed by atoms with Gasteiger partial charge in [0, 0.05) is 17.8 Å². The molecule has 0 aliphatic carbocycles. The van der Waals surface area contributed by atoms with Crippen molar-refractivity contribution in [3.05, 3.63) is 71.6 Å². The third-order valence-electron chi connectivity index (χ3n) is 5.37. The summed E-state index contributed by atoms with van der Waals surface area (Å²) in [5, 5.41) is 2.90. The van der Waals surface area contributed by atoms with Crippen LogP contribution in [0.3, 0.4) is 0 Å². The van der Waals surface area contributed by atoms with E-state index in [0.29, 0.717) is 35.9 Å². The number of benzene rings is 2. The Hall–Kier alpha value is -3.29. The largest absolute Gasteiger partial charge is 0.441 e. The first-order valence-corrected chi connectivity index (χ1v) is 10.1. The standard InChI is InChI=1S/C23H22F3N3O2/c1-15-14-27-21(31-15)17-5-4-6-19(13-17)28-22(30)29-12-3-2-7-20(29)16-8-10-18(11-9-16)23(24,25)26/h4-6,8-11,13-14,20H,2-3,7,12H2,1H3,(H,28,30)/t20-/m1/s1. The summed E-state index contributed by atoms with van der Waals surface area (Å²) in [5.41, 5.74) is 1.34. The van der Waals surface area contributed by atoms with Crippen molar-refractivity contribution in [2.45, 2.75) is 38.4 Å². The van der Waals surface area contributed by atoms with Crippen molar-refractivity contribution in [2.24, 2.45) is 0 Å². The molecule has 1 N–H and O–H groups in total. The highest BCUT2D eigenvalue weighted by atomic mass is 19.4. The van der Waals surface area contributed by atoms with Gasteiger partial charge in [0.15, 0.2) is 0 Å². The fourth-order valence-electron chi connectivity index (χ4n) is 3.83. The number of anilines is 1. The van der Waals surface area contributed by atoms with E-state index in [-0.39, 0.29) is 12.1 Å². The molecular formula is C23H22F3N3O2. The number of hydrogen-bond acceptors (Lipinski definition) is 3. The number of halogens is 3. The molecule has 0 spiro atoms. The van der Waals surface area contributed by atoms with Crippen molar-refractivity contribution in [3.63, 3.8) is 0 Å². The highest BCUT2D eigenvalue weighted by molar-refractivity contribution is 5.90. The SMILES string of the molecule is Cc1cnc(-c2cccc(NC(=O)N3CCCC[C@@H]3c3ccc(C(F)(F)F)cc3)c2)o1. The van der Waals surface area contributed by atoms with Crippen molar-refractivity contribution in [3.8, 4) is 11.5 Å².